The first-order valence-corrected chi connectivity index (χ1v) is 7.72. The summed E-state index contributed by atoms with van der Waals surface area (Å²) in [5.74, 6) is 1.59. The van der Waals surface area contributed by atoms with E-state index >= 15 is 0 Å². The van der Waals surface area contributed by atoms with Gasteiger partial charge in [0.25, 0.3) is 0 Å². The van der Waals surface area contributed by atoms with Gasteiger partial charge in [0.05, 0.1) is 0 Å². The van der Waals surface area contributed by atoms with Gasteiger partial charge in [-0.2, -0.15) is 0 Å². The molecule has 0 aliphatic rings. The molecule has 22 heavy (non-hydrogen) atoms. The summed E-state index contributed by atoms with van der Waals surface area (Å²) in [4.78, 5) is 0. The van der Waals surface area contributed by atoms with E-state index in [1.54, 1.807) is 0 Å². The third kappa shape index (κ3) is 4.61. The molecule has 2 atom stereocenters. The van der Waals surface area contributed by atoms with E-state index in [0.29, 0.717) is 13.2 Å². The van der Waals surface area contributed by atoms with Crippen LogP contribution in [0.15, 0.2) is 36.4 Å². The Morgan fingerprint density at radius 2 is 1.14 bits per heavy atom. The van der Waals surface area contributed by atoms with Crippen LogP contribution in [0.25, 0.3) is 10.8 Å². The van der Waals surface area contributed by atoms with Crippen LogP contribution < -0.4 is 9.47 Å². The lowest BCUT2D eigenvalue weighted by atomic mass is 10.1. The first-order valence-electron chi connectivity index (χ1n) is 7.72. The molecule has 2 rings (SSSR count). The number of fused-ring (bicyclic) bond motifs is 1. The summed E-state index contributed by atoms with van der Waals surface area (Å²) in [6, 6.07) is 11.9. The molecule has 4 nitrogen and oxygen atoms in total. The lowest BCUT2D eigenvalue weighted by molar-refractivity contribution is -0.0617. The molecular weight excluding hydrogens is 280 g/mol. The average Bonchev–Trinajstić information content (AvgIpc) is 2.48. The van der Waals surface area contributed by atoms with E-state index in [4.69, 9.17) is 18.9 Å². The third-order valence-corrected chi connectivity index (χ3v) is 3.19. The fourth-order valence-corrected chi connectivity index (χ4v) is 2.27. The van der Waals surface area contributed by atoms with Crippen LogP contribution in [0.4, 0.5) is 0 Å². The van der Waals surface area contributed by atoms with Crippen LogP contribution in [0.5, 0.6) is 11.5 Å². The molecule has 120 valence electrons. The summed E-state index contributed by atoms with van der Waals surface area (Å²) in [6.45, 7) is 8.94. The van der Waals surface area contributed by atoms with Crippen molar-refractivity contribution in [1.29, 1.82) is 0 Å². The Kier molecular flexibility index (Phi) is 6.04. The largest absolute Gasteiger partial charge is 0.465 e. The van der Waals surface area contributed by atoms with Gasteiger partial charge in [0, 0.05) is 13.2 Å². The second kappa shape index (κ2) is 8.01. The van der Waals surface area contributed by atoms with Crippen molar-refractivity contribution in [2.75, 3.05) is 13.2 Å². The van der Waals surface area contributed by atoms with Crippen molar-refractivity contribution in [1.82, 2.24) is 0 Å². The molecule has 0 radical (unpaired) electrons. The Labute approximate surface area is 131 Å². The monoisotopic (exact) mass is 304 g/mol. The number of hydrogen-bond acceptors (Lipinski definition) is 4. The van der Waals surface area contributed by atoms with E-state index in [0.717, 1.165) is 22.3 Å². The van der Waals surface area contributed by atoms with Crippen LogP contribution in [0.1, 0.15) is 27.7 Å². The zero-order chi connectivity index (χ0) is 15.9. The van der Waals surface area contributed by atoms with Crippen LogP contribution in [0.2, 0.25) is 0 Å². The molecule has 0 N–H and O–H groups in total. The molecule has 0 fully saturated rings. The molecule has 0 amide bonds. The summed E-state index contributed by atoms with van der Waals surface area (Å²) < 4.78 is 22.2. The molecule has 0 aliphatic heterocycles. The van der Waals surface area contributed by atoms with Gasteiger partial charge < -0.3 is 18.9 Å². The molecule has 4 heteroatoms. The highest BCUT2D eigenvalue weighted by atomic mass is 16.7. The number of rotatable bonds is 8. The third-order valence-electron chi connectivity index (χ3n) is 3.19. The van der Waals surface area contributed by atoms with Gasteiger partial charge in [0.2, 0.25) is 0 Å². The van der Waals surface area contributed by atoms with Crippen LogP contribution >= 0.6 is 0 Å². The smallest absolute Gasteiger partial charge is 0.196 e. The van der Waals surface area contributed by atoms with Crippen molar-refractivity contribution in [3.8, 4) is 11.5 Å². The standard InChI is InChI=1S/C18H24O4/c1-5-19-13(3)21-17-9-7-16-12-18(10-8-15(16)11-17)22-14(4)20-6-2/h7-14H,5-6H2,1-4H3. The van der Waals surface area contributed by atoms with E-state index in [1.165, 1.54) is 0 Å². The average molecular weight is 304 g/mol. The Hall–Kier alpha value is -1.78. The van der Waals surface area contributed by atoms with Gasteiger partial charge in [-0.15, -0.1) is 0 Å². The molecule has 0 heterocycles. The minimum absolute atomic E-state index is 0.253. The summed E-state index contributed by atoms with van der Waals surface area (Å²) in [5, 5.41) is 2.19. The maximum atomic E-state index is 5.72. The predicted molar refractivity (Wildman–Crippen MR) is 87.4 cm³/mol. The molecule has 2 unspecified atom stereocenters. The van der Waals surface area contributed by atoms with E-state index in [-0.39, 0.29) is 12.6 Å². The van der Waals surface area contributed by atoms with Gasteiger partial charge in [-0.25, -0.2) is 0 Å². The van der Waals surface area contributed by atoms with E-state index in [9.17, 15) is 0 Å². The summed E-state index contributed by atoms with van der Waals surface area (Å²) in [6.07, 6.45) is -0.505. The molecule has 2 aromatic rings. The number of ether oxygens (including phenoxy) is 4. The van der Waals surface area contributed by atoms with Crippen LogP contribution in [-0.2, 0) is 9.47 Å². The normalized spacial score (nSPS) is 13.8. The number of hydrogen-bond donors (Lipinski definition) is 0. The van der Waals surface area contributed by atoms with Crippen molar-refractivity contribution >= 4 is 10.8 Å². The van der Waals surface area contributed by atoms with E-state index in [2.05, 4.69) is 0 Å². The highest BCUT2D eigenvalue weighted by Gasteiger charge is 2.06. The van der Waals surface area contributed by atoms with Gasteiger partial charge in [-0.3, -0.25) is 0 Å². The van der Waals surface area contributed by atoms with Crippen molar-refractivity contribution in [2.24, 2.45) is 0 Å². The predicted octanol–water partition coefficient (Wildman–Crippen LogP) is 4.36. The molecule has 0 saturated heterocycles. The van der Waals surface area contributed by atoms with Gasteiger partial charge in [-0.1, -0.05) is 12.1 Å². The fourth-order valence-electron chi connectivity index (χ4n) is 2.27. The van der Waals surface area contributed by atoms with Crippen LogP contribution in [-0.4, -0.2) is 25.8 Å². The van der Waals surface area contributed by atoms with E-state index in [1.807, 2.05) is 64.1 Å². The van der Waals surface area contributed by atoms with Crippen molar-refractivity contribution in [2.45, 2.75) is 40.3 Å². The Morgan fingerprint density at radius 1 is 0.727 bits per heavy atom. The van der Waals surface area contributed by atoms with Crippen LogP contribution in [0, 0.1) is 0 Å². The van der Waals surface area contributed by atoms with Gasteiger partial charge >= 0.3 is 0 Å². The highest BCUT2D eigenvalue weighted by Crippen LogP contribution is 2.26. The van der Waals surface area contributed by atoms with E-state index < -0.39 is 0 Å². The lowest BCUT2D eigenvalue weighted by Crippen LogP contribution is -2.16. The maximum absolute atomic E-state index is 5.72. The second-order valence-corrected chi connectivity index (χ2v) is 4.95. The Morgan fingerprint density at radius 3 is 1.50 bits per heavy atom. The quantitative estimate of drug-likeness (QED) is 0.679. The first kappa shape index (κ1) is 16.6. The fraction of sp³-hybridized carbons (Fsp3) is 0.444. The van der Waals surface area contributed by atoms with Gasteiger partial charge in [0.15, 0.2) is 12.6 Å². The maximum Gasteiger partial charge on any atom is 0.196 e. The SMILES string of the molecule is CCOC(C)Oc1ccc2cc(OC(C)OCC)ccc2c1. The molecule has 0 spiro atoms. The highest BCUT2D eigenvalue weighted by molar-refractivity contribution is 5.85. The zero-order valence-corrected chi connectivity index (χ0v) is 13.7. The molecule has 0 saturated carbocycles. The topological polar surface area (TPSA) is 36.9 Å². The minimum atomic E-state index is -0.253. The summed E-state index contributed by atoms with van der Waals surface area (Å²) >= 11 is 0. The van der Waals surface area contributed by atoms with Crippen molar-refractivity contribution in [3.05, 3.63) is 36.4 Å². The number of benzene rings is 2. The molecule has 0 bridgehead atoms. The van der Waals surface area contributed by atoms with Gasteiger partial charge in [0.1, 0.15) is 11.5 Å². The summed E-state index contributed by atoms with van der Waals surface area (Å²) in [5.41, 5.74) is 0. The molecular formula is C18H24O4. The van der Waals surface area contributed by atoms with Crippen molar-refractivity contribution < 1.29 is 18.9 Å². The molecule has 2 aromatic carbocycles. The van der Waals surface area contributed by atoms with Gasteiger partial charge in [-0.05, 0) is 62.7 Å². The molecule has 0 aliphatic carbocycles. The molecule has 0 aromatic heterocycles. The minimum Gasteiger partial charge on any atom is -0.465 e. The van der Waals surface area contributed by atoms with Crippen molar-refractivity contribution in [3.63, 3.8) is 0 Å². The first-order chi connectivity index (χ1) is 10.6. The zero-order valence-electron chi connectivity index (χ0n) is 13.7. The van der Waals surface area contributed by atoms with Crippen LogP contribution in [0.3, 0.4) is 0 Å². The Balaban J connectivity index is 2.11. The Bertz CT molecular complexity index is 543. The lowest BCUT2D eigenvalue weighted by Gasteiger charge is -2.16. The summed E-state index contributed by atoms with van der Waals surface area (Å²) in [7, 11) is 0. The second-order valence-electron chi connectivity index (χ2n) is 4.95.